The van der Waals surface area contributed by atoms with Crippen LogP contribution in [0.1, 0.15) is 19.4 Å². The van der Waals surface area contributed by atoms with E-state index in [1.54, 1.807) is 38.1 Å². The second-order valence-electron chi connectivity index (χ2n) is 5.98. The monoisotopic (exact) mass is 363 g/mol. The predicted molar refractivity (Wildman–Crippen MR) is 95.5 cm³/mol. The summed E-state index contributed by atoms with van der Waals surface area (Å²) >= 11 is 0. The normalized spacial score (nSPS) is 20.9. The van der Waals surface area contributed by atoms with Crippen LogP contribution in [0.5, 0.6) is 5.75 Å². The number of terminal acetylenes is 1. The third-order valence-corrected chi connectivity index (χ3v) is 4.68. The number of nitriles is 1. The molecule has 0 aliphatic carbocycles. The quantitative estimate of drug-likeness (QED) is 0.641. The SMILES string of the molecule is C#CCN1C(=O)[C@]2(C(C#N)=C(N)Oc3ccccc32)C(C(=O)OCC)=C1C. The van der Waals surface area contributed by atoms with E-state index >= 15 is 0 Å². The number of nitrogens with two attached hydrogens (primary N) is 1. The summed E-state index contributed by atoms with van der Waals surface area (Å²) in [6, 6.07) is 8.60. The zero-order valence-electron chi connectivity index (χ0n) is 14.9. The van der Waals surface area contributed by atoms with E-state index < -0.39 is 17.3 Å². The summed E-state index contributed by atoms with van der Waals surface area (Å²) in [7, 11) is 0. The molecule has 2 aliphatic rings. The summed E-state index contributed by atoms with van der Waals surface area (Å²) in [5, 5.41) is 9.81. The van der Waals surface area contributed by atoms with Gasteiger partial charge in [-0.3, -0.25) is 4.79 Å². The molecule has 136 valence electrons. The molecule has 7 nitrogen and oxygen atoms in total. The molecule has 7 heteroatoms. The average Bonchev–Trinajstić information content (AvgIpc) is 2.85. The summed E-state index contributed by atoms with van der Waals surface area (Å²) in [4.78, 5) is 27.7. The number of hydrogen-bond acceptors (Lipinski definition) is 6. The van der Waals surface area contributed by atoms with E-state index in [9.17, 15) is 14.9 Å². The van der Waals surface area contributed by atoms with Gasteiger partial charge in [-0.2, -0.15) is 5.26 Å². The largest absolute Gasteiger partial charge is 0.463 e. The molecule has 27 heavy (non-hydrogen) atoms. The Labute approximate surface area is 156 Å². The van der Waals surface area contributed by atoms with Crippen LogP contribution in [0.2, 0.25) is 0 Å². The van der Waals surface area contributed by atoms with Crippen LogP contribution < -0.4 is 10.5 Å². The minimum Gasteiger partial charge on any atom is -0.463 e. The molecule has 0 saturated carbocycles. The molecule has 2 aliphatic heterocycles. The van der Waals surface area contributed by atoms with Crippen LogP contribution in [-0.4, -0.2) is 29.9 Å². The van der Waals surface area contributed by atoms with Gasteiger partial charge in [-0.05, 0) is 19.9 Å². The maximum Gasteiger partial charge on any atom is 0.337 e. The molecule has 0 fully saturated rings. The molecule has 1 spiro atoms. The number of nitrogens with zero attached hydrogens (tertiary/aromatic N) is 2. The number of carbonyl (C=O) groups is 2. The van der Waals surface area contributed by atoms with E-state index in [1.165, 1.54) is 4.90 Å². The van der Waals surface area contributed by atoms with Gasteiger partial charge in [0, 0.05) is 11.3 Å². The lowest BCUT2D eigenvalue weighted by Crippen LogP contribution is -2.47. The molecule has 0 aromatic heterocycles. The number of ether oxygens (including phenoxy) is 2. The minimum absolute atomic E-state index is 0.0276. The van der Waals surface area contributed by atoms with Crippen LogP contribution in [0.3, 0.4) is 0 Å². The lowest BCUT2D eigenvalue weighted by molar-refractivity contribution is -0.140. The van der Waals surface area contributed by atoms with Crippen molar-refractivity contribution in [2.45, 2.75) is 19.3 Å². The highest BCUT2D eigenvalue weighted by molar-refractivity contribution is 6.12. The van der Waals surface area contributed by atoms with E-state index in [0.717, 1.165) is 0 Å². The van der Waals surface area contributed by atoms with Gasteiger partial charge in [0.05, 0.1) is 18.7 Å². The lowest BCUT2D eigenvalue weighted by atomic mass is 9.68. The Morgan fingerprint density at radius 2 is 2.15 bits per heavy atom. The Balaban J connectivity index is 2.43. The number of rotatable bonds is 3. The van der Waals surface area contributed by atoms with Gasteiger partial charge in [0.2, 0.25) is 11.8 Å². The second kappa shape index (κ2) is 6.54. The second-order valence-corrected chi connectivity index (χ2v) is 5.98. The van der Waals surface area contributed by atoms with Crippen molar-refractivity contribution in [3.05, 3.63) is 52.6 Å². The number of fused-ring (bicyclic) bond motifs is 2. The number of amides is 1. The fourth-order valence-corrected chi connectivity index (χ4v) is 3.63. The molecule has 0 radical (unpaired) electrons. The smallest absolute Gasteiger partial charge is 0.337 e. The summed E-state index contributed by atoms with van der Waals surface area (Å²) in [6.45, 7) is 3.30. The Morgan fingerprint density at radius 1 is 1.44 bits per heavy atom. The minimum atomic E-state index is -1.75. The first-order valence-corrected chi connectivity index (χ1v) is 8.26. The number of hydrogen-bond donors (Lipinski definition) is 1. The molecule has 0 unspecified atom stereocenters. The third-order valence-electron chi connectivity index (χ3n) is 4.68. The topological polar surface area (TPSA) is 106 Å². The summed E-state index contributed by atoms with van der Waals surface area (Å²) in [5.74, 6) is 1.23. The van der Waals surface area contributed by atoms with Crippen molar-refractivity contribution < 1.29 is 19.1 Å². The van der Waals surface area contributed by atoms with Gasteiger partial charge < -0.3 is 20.1 Å². The van der Waals surface area contributed by atoms with Crippen molar-refractivity contribution in [3.8, 4) is 24.2 Å². The van der Waals surface area contributed by atoms with Crippen molar-refractivity contribution in [2.75, 3.05) is 13.2 Å². The van der Waals surface area contributed by atoms with Gasteiger partial charge in [-0.25, -0.2) is 4.79 Å². The van der Waals surface area contributed by atoms with Crippen molar-refractivity contribution in [2.24, 2.45) is 5.73 Å². The van der Waals surface area contributed by atoms with Crippen molar-refractivity contribution >= 4 is 11.9 Å². The fraction of sp³-hybridized carbons (Fsp3) is 0.250. The number of allylic oxidation sites excluding steroid dienone is 1. The molecular formula is C20H17N3O4. The maximum atomic E-state index is 13.6. The Morgan fingerprint density at radius 3 is 2.78 bits per heavy atom. The number of benzene rings is 1. The molecule has 3 rings (SSSR count). The van der Waals surface area contributed by atoms with E-state index in [1.807, 2.05) is 6.07 Å². The van der Waals surface area contributed by atoms with Gasteiger partial charge in [0.25, 0.3) is 0 Å². The Bertz CT molecular complexity index is 993. The standard InChI is InChI=1S/C20H17N3O4/c1-4-10-23-12(3)16(18(24)26-5-2)20(19(23)25)13-8-6-7-9-15(13)27-17(22)14(20)11-21/h1,6-9H,5,10,22H2,2-3H3/t20-/m1/s1. The summed E-state index contributed by atoms with van der Waals surface area (Å²) in [5.41, 5.74) is 4.77. The van der Waals surface area contributed by atoms with E-state index in [0.29, 0.717) is 17.0 Å². The molecule has 0 saturated heterocycles. The molecule has 1 atom stereocenters. The molecule has 2 heterocycles. The molecule has 1 amide bonds. The van der Waals surface area contributed by atoms with E-state index in [-0.39, 0.29) is 30.2 Å². The average molecular weight is 363 g/mol. The van der Waals surface area contributed by atoms with E-state index in [4.69, 9.17) is 21.6 Å². The first kappa shape index (κ1) is 18.1. The van der Waals surface area contributed by atoms with Crippen LogP contribution in [0.4, 0.5) is 0 Å². The zero-order chi connectivity index (χ0) is 19.8. The van der Waals surface area contributed by atoms with Crippen molar-refractivity contribution in [3.63, 3.8) is 0 Å². The molecule has 1 aromatic rings. The van der Waals surface area contributed by atoms with Crippen LogP contribution in [0.15, 0.2) is 47.0 Å². The molecular weight excluding hydrogens is 346 g/mol. The van der Waals surface area contributed by atoms with Crippen molar-refractivity contribution in [1.82, 2.24) is 4.90 Å². The third kappa shape index (κ3) is 2.29. The number of para-hydroxylation sites is 1. The number of esters is 1. The van der Waals surface area contributed by atoms with Crippen molar-refractivity contribution in [1.29, 1.82) is 5.26 Å². The highest BCUT2D eigenvalue weighted by Crippen LogP contribution is 2.53. The Hall–Kier alpha value is -3.71. The van der Waals surface area contributed by atoms with Gasteiger partial charge >= 0.3 is 5.97 Å². The molecule has 1 aromatic carbocycles. The van der Waals surface area contributed by atoms with Gasteiger partial charge in [-0.1, -0.05) is 24.1 Å². The van der Waals surface area contributed by atoms with Crippen LogP contribution in [-0.2, 0) is 19.7 Å². The summed E-state index contributed by atoms with van der Waals surface area (Å²) < 4.78 is 10.7. The summed E-state index contributed by atoms with van der Waals surface area (Å²) in [6.07, 6.45) is 5.41. The van der Waals surface area contributed by atoms with Gasteiger partial charge in [-0.15, -0.1) is 6.42 Å². The fourth-order valence-electron chi connectivity index (χ4n) is 3.63. The van der Waals surface area contributed by atoms with Gasteiger partial charge in [0.15, 0.2) is 5.41 Å². The Kier molecular flexibility index (Phi) is 4.39. The first-order chi connectivity index (χ1) is 12.9. The molecule has 2 N–H and O–H groups in total. The zero-order valence-corrected chi connectivity index (χ0v) is 14.9. The van der Waals surface area contributed by atoms with Crippen LogP contribution in [0, 0.1) is 23.7 Å². The van der Waals surface area contributed by atoms with Gasteiger partial charge in [0.1, 0.15) is 17.4 Å². The highest BCUT2D eigenvalue weighted by atomic mass is 16.5. The first-order valence-electron chi connectivity index (χ1n) is 8.26. The molecule has 0 bridgehead atoms. The predicted octanol–water partition coefficient (Wildman–Crippen LogP) is 1.32. The van der Waals surface area contributed by atoms with E-state index in [2.05, 4.69) is 5.92 Å². The lowest BCUT2D eigenvalue weighted by Gasteiger charge is -2.35. The number of carbonyl (C=O) groups excluding carboxylic acids is 2. The maximum absolute atomic E-state index is 13.6. The van der Waals surface area contributed by atoms with Crippen LogP contribution >= 0.6 is 0 Å². The highest BCUT2D eigenvalue weighted by Gasteiger charge is 2.62. The van der Waals surface area contributed by atoms with Crippen LogP contribution in [0.25, 0.3) is 0 Å².